The minimum atomic E-state index is -0.0150. The van der Waals surface area contributed by atoms with Gasteiger partial charge in [-0.15, -0.1) is 0 Å². The van der Waals surface area contributed by atoms with E-state index in [-0.39, 0.29) is 12.2 Å². The van der Waals surface area contributed by atoms with Gasteiger partial charge < -0.3 is 18.9 Å². The summed E-state index contributed by atoms with van der Waals surface area (Å²) < 4.78 is 23.4. The number of hydrogen-bond donors (Lipinski definition) is 0. The summed E-state index contributed by atoms with van der Waals surface area (Å²) in [6.07, 6.45) is 0.709. The highest BCUT2D eigenvalue weighted by Gasteiger charge is 2.28. The van der Waals surface area contributed by atoms with Crippen LogP contribution in [0, 0.1) is 0 Å². The lowest BCUT2D eigenvalue weighted by Gasteiger charge is -2.31. The molecule has 0 aliphatic carbocycles. The van der Waals surface area contributed by atoms with E-state index < -0.39 is 0 Å². The highest BCUT2D eigenvalue weighted by molar-refractivity contribution is 5.41. The fourth-order valence-electron chi connectivity index (χ4n) is 2.65. The molecule has 0 amide bonds. The molecule has 0 fully saturated rings. The van der Waals surface area contributed by atoms with Crippen LogP contribution >= 0.6 is 0 Å². The van der Waals surface area contributed by atoms with Crippen LogP contribution in [0.1, 0.15) is 6.42 Å². The van der Waals surface area contributed by atoms with E-state index in [1.165, 1.54) is 0 Å². The largest absolute Gasteiger partial charge is 0.486 e. The van der Waals surface area contributed by atoms with Crippen molar-refractivity contribution in [1.82, 2.24) is 0 Å². The van der Waals surface area contributed by atoms with Gasteiger partial charge in [0.1, 0.15) is 25.4 Å². The second kappa shape index (κ2) is 5.20. The number of fused-ring (bicyclic) bond motifs is 2. The van der Waals surface area contributed by atoms with Gasteiger partial charge in [-0.3, -0.25) is 0 Å². The van der Waals surface area contributed by atoms with Crippen molar-refractivity contribution < 1.29 is 18.9 Å². The van der Waals surface area contributed by atoms with Crippen molar-refractivity contribution in [2.24, 2.45) is 0 Å². The Kier molecular flexibility index (Phi) is 3.07. The predicted octanol–water partition coefficient (Wildman–Crippen LogP) is 3.06. The third-order valence-corrected chi connectivity index (χ3v) is 3.66. The van der Waals surface area contributed by atoms with Crippen LogP contribution in [-0.2, 0) is 0 Å². The molecule has 0 aromatic heterocycles. The van der Waals surface area contributed by atoms with Gasteiger partial charge in [0.25, 0.3) is 0 Å². The van der Waals surface area contributed by atoms with E-state index in [2.05, 4.69) is 0 Å². The molecule has 2 aromatic carbocycles. The van der Waals surface area contributed by atoms with Gasteiger partial charge in [-0.2, -0.15) is 0 Å². The van der Waals surface area contributed by atoms with Crippen molar-refractivity contribution in [2.75, 3.05) is 13.2 Å². The standard InChI is InChI=1S/C17H16O4/c1-3-7-16-14(5-1)18-10-12(20-16)9-13-11-19-15-6-2-4-8-17(15)21-13/h1-8,12-13H,9-11H2. The number of hydrogen-bond acceptors (Lipinski definition) is 4. The van der Waals surface area contributed by atoms with E-state index in [9.17, 15) is 0 Å². The molecule has 2 aliphatic rings. The van der Waals surface area contributed by atoms with Crippen molar-refractivity contribution in [3.05, 3.63) is 48.5 Å². The van der Waals surface area contributed by atoms with Gasteiger partial charge in [0.2, 0.25) is 0 Å². The molecule has 0 N–H and O–H groups in total. The van der Waals surface area contributed by atoms with E-state index in [0.29, 0.717) is 13.2 Å². The van der Waals surface area contributed by atoms with Crippen molar-refractivity contribution in [3.8, 4) is 23.0 Å². The molecule has 2 aliphatic heterocycles. The molecule has 4 rings (SSSR count). The lowest BCUT2D eigenvalue weighted by Crippen LogP contribution is -2.38. The Hall–Kier alpha value is -2.36. The smallest absolute Gasteiger partial charge is 0.161 e. The number of rotatable bonds is 2. The molecule has 108 valence electrons. The molecular weight excluding hydrogens is 268 g/mol. The maximum Gasteiger partial charge on any atom is 0.161 e. The second-order valence-corrected chi connectivity index (χ2v) is 5.23. The fraction of sp³-hybridized carbons (Fsp3) is 0.294. The number of ether oxygens (including phenoxy) is 4. The van der Waals surface area contributed by atoms with Crippen molar-refractivity contribution >= 4 is 0 Å². The number of benzene rings is 2. The second-order valence-electron chi connectivity index (χ2n) is 5.23. The van der Waals surface area contributed by atoms with E-state index in [0.717, 1.165) is 29.4 Å². The molecule has 2 atom stereocenters. The normalized spacial score (nSPS) is 22.7. The van der Waals surface area contributed by atoms with Gasteiger partial charge in [-0.05, 0) is 24.3 Å². The molecule has 0 spiro atoms. The maximum absolute atomic E-state index is 5.96. The van der Waals surface area contributed by atoms with Crippen LogP contribution in [-0.4, -0.2) is 25.4 Å². The Balaban J connectivity index is 1.42. The van der Waals surface area contributed by atoms with E-state index in [4.69, 9.17) is 18.9 Å². The molecule has 0 saturated carbocycles. The van der Waals surface area contributed by atoms with E-state index in [1.54, 1.807) is 0 Å². The Labute approximate surface area is 123 Å². The Morgan fingerprint density at radius 1 is 0.667 bits per heavy atom. The lowest BCUT2D eigenvalue weighted by molar-refractivity contribution is 0.0212. The summed E-state index contributed by atoms with van der Waals surface area (Å²) in [7, 11) is 0. The molecular formula is C17H16O4. The molecule has 0 saturated heterocycles. The number of para-hydroxylation sites is 4. The molecule has 0 radical (unpaired) electrons. The van der Waals surface area contributed by atoms with Crippen LogP contribution in [0.2, 0.25) is 0 Å². The van der Waals surface area contributed by atoms with Gasteiger partial charge in [0.15, 0.2) is 23.0 Å². The summed E-state index contributed by atoms with van der Waals surface area (Å²) in [4.78, 5) is 0. The molecule has 2 unspecified atom stereocenters. The van der Waals surface area contributed by atoms with Crippen LogP contribution in [0.4, 0.5) is 0 Å². The van der Waals surface area contributed by atoms with Gasteiger partial charge >= 0.3 is 0 Å². The average molecular weight is 284 g/mol. The summed E-state index contributed by atoms with van der Waals surface area (Å²) in [6.45, 7) is 1.08. The van der Waals surface area contributed by atoms with E-state index >= 15 is 0 Å². The van der Waals surface area contributed by atoms with Crippen LogP contribution in [0.15, 0.2) is 48.5 Å². The quantitative estimate of drug-likeness (QED) is 0.849. The predicted molar refractivity (Wildman–Crippen MR) is 77.3 cm³/mol. The maximum atomic E-state index is 5.96. The van der Waals surface area contributed by atoms with Gasteiger partial charge in [-0.1, -0.05) is 24.3 Å². The summed E-state index contributed by atoms with van der Waals surface area (Å²) in [5.74, 6) is 3.21. The summed E-state index contributed by atoms with van der Waals surface area (Å²) in [5, 5.41) is 0. The van der Waals surface area contributed by atoms with Gasteiger partial charge in [0.05, 0.1) is 0 Å². The molecule has 0 bridgehead atoms. The van der Waals surface area contributed by atoms with E-state index in [1.807, 2.05) is 48.5 Å². The minimum Gasteiger partial charge on any atom is -0.486 e. The zero-order valence-electron chi connectivity index (χ0n) is 11.5. The SMILES string of the molecule is c1ccc2c(c1)OCC(CC1COc3ccccc3O1)O2. The monoisotopic (exact) mass is 284 g/mol. The first-order valence-electron chi connectivity index (χ1n) is 7.15. The first-order valence-corrected chi connectivity index (χ1v) is 7.15. The zero-order valence-corrected chi connectivity index (χ0v) is 11.5. The third kappa shape index (κ3) is 2.49. The minimum absolute atomic E-state index is 0.0150. The first-order chi connectivity index (χ1) is 10.4. The topological polar surface area (TPSA) is 36.9 Å². The average Bonchev–Trinajstić information content (AvgIpc) is 2.55. The Bertz CT molecular complexity index is 585. The highest BCUT2D eigenvalue weighted by Crippen LogP contribution is 2.34. The van der Waals surface area contributed by atoms with Crippen molar-refractivity contribution in [2.45, 2.75) is 18.6 Å². The third-order valence-electron chi connectivity index (χ3n) is 3.66. The van der Waals surface area contributed by atoms with Crippen LogP contribution < -0.4 is 18.9 Å². The van der Waals surface area contributed by atoms with Crippen molar-refractivity contribution in [3.63, 3.8) is 0 Å². The summed E-state index contributed by atoms with van der Waals surface area (Å²) >= 11 is 0. The Morgan fingerprint density at radius 3 is 1.57 bits per heavy atom. The summed E-state index contributed by atoms with van der Waals surface area (Å²) in [5.41, 5.74) is 0. The molecule has 2 aromatic rings. The van der Waals surface area contributed by atoms with Crippen LogP contribution in [0.5, 0.6) is 23.0 Å². The Morgan fingerprint density at radius 2 is 1.10 bits per heavy atom. The van der Waals surface area contributed by atoms with Gasteiger partial charge in [-0.25, -0.2) is 0 Å². The highest BCUT2D eigenvalue weighted by atomic mass is 16.6. The van der Waals surface area contributed by atoms with Crippen molar-refractivity contribution in [1.29, 1.82) is 0 Å². The first kappa shape index (κ1) is 12.4. The molecule has 2 heterocycles. The van der Waals surface area contributed by atoms with Gasteiger partial charge in [0, 0.05) is 6.42 Å². The lowest BCUT2D eigenvalue weighted by atomic mass is 10.1. The van der Waals surface area contributed by atoms with Crippen LogP contribution in [0.25, 0.3) is 0 Å². The molecule has 4 heteroatoms. The summed E-state index contributed by atoms with van der Waals surface area (Å²) in [6, 6.07) is 15.5. The molecule has 4 nitrogen and oxygen atoms in total. The fourth-order valence-corrected chi connectivity index (χ4v) is 2.65. The zero-order chi connectivity index (χ0) is 14.1. The van der Waals surface area contributed by atoms with Crippen LogP contribution in [0.3, 0.4) is 0 Å². The molecule has 21 heavy (non-hydrogen) atoms.